The summed E-state index contributed by atoms with van der Waals surface area (Å²) in [6.07, 6.45) is -17.8. The van der Waals surface area contributed by atoms with E-state index in [4.69, 9.17) is 48.6 Å². The van der Waals surface area contributed by atoms with E-state index in [-0.39, 0.29) is 0 Å². The quantitative estimate of drug-likeness (QED) is 0.0473. The lowest BCUT2D eigenvalue weighted by Gasteiger charge is -2.28. The van der Waals surface area contributed by atoms with Gasteiger partial charge in [0.05, 0.1) is 19.8 Å². The maximum Gasteiger partial charge on any atom is 0.386 e. The van der Waals surface area contributed by atoms with E-state index in [2.05, 4.69) is 24.1 Å². The van der Waals surface area contributed by atoms with Crippen LogP contribution < -0.4 is 33.7 Å². The van der Waals surface area contributed by atoms with Crippen LogP contribution in [-0.4, -0.2) is 139 Å². The molecule has 3 aromatic heterocycles. The third-order valence-electron chi connectivity index (χ3n) is 9.05. The molecule has 6 heterocycles. The Hall–Kier alpha value is -2.68. The van der Waals surface area contributed by atoms with Gasteiger partial charge in [-0.2, -0.15) is 0 Å². The molecule has 2 unspecified atom stereocenters. The molecule has 338 valence electrons. The second-order valence-electron chi connectivity index (χ2n) is 13.2. The van der Waals surface area contributed by atoms with Crippen molar-refractivity contribution < 1.29 is 76.5 Å². The predicted octanol–water partition coefficient (Wildman–Crippen LogP) is -4.94. The summed E-state index contributed by atoms with van der Waals surface area (Å²) in [4.78, 5) is 108. The van der Waals surface area contributed by atoms with Gasteiger partial charge < -0.3 is 58.4 Å². The van der Waals surface area contributed by atoms with Gasteiger partial charge in [-0.15, -0.1) is 0 Å². The number of ether oxygens (including phenoxy) is 3. The number of hydrogen-bond acceptors (Lipinski definition) is 21. The van der Waals surface area contributed by atoms with Crippen LogP contribution in [0, 0.1) is 0 Å². The Morgan fingerprint density at radius 1 is 0.590 bits per heavy atom. The molecule has 0 radical (unpaired) electrons. The molecule has 0 bridgehead atoms. The van der Waals surface area contributed by atoms with Gasteiger partial charge in [-0.1, -0.05) is 12.2 Å². The van der Waals surface area contributed by atoms with E-state index in [9.17, 15) is 68.4 Å². The number of rotatable bonds is 16. The fourth-order valence-electron chi connectivity index (χ4n) is 6.28. The van der Waals surface area contributed by atoms with Crippen LogP contribution in [0.2, 0.25) is 0 Å². The number of aromatic amines is 3. The minimum atomic E-state index is -4.74. The van der Waals surface area contributed by atoms with E-state index >= 15 is 0 Å². The topological polar surface area (TPSA) is 397 Å². The van der Waals surface area contributed by atoms with E-state index in [1.165, 1.54) is 0 Å². The maximum atomic E-state index is 13.6. The normalized spacial score (nSPS) is 32.5. The lowest BCUT2D eigenvalue weighted by atomic mass is 10.1. The van der Waals surface area contributed by atoms with Crippen LogP contribution in [0.3, 0.4) is 0 Å². The highest BCUT2D eigenvalue weighted by Crippen LogP contribution is 2.57. The largest absolute Gasteiger partial charge is 0.387 e. The van der Waals surface area contributed by atoms with Crippen LogP contribution in [0.5, 0.6) is 0 Å². The van der Waals surface area contributed by atoms with Gasteiger partial charge >= 0.3 is 37.3 Å². The van der Waals surface area contributed by atoms with Gasteiger partial charge in [0, 0.05) is 36.8 Å². The first kappa shape index (κ1) is 47.8. The Morgan fingerprint density at radius 3 is 1.39 bits per heavy atom. The molecule has 3 aliphatic rings. The number of thiol groups is 1. The monoisotopic (exact) mass is 984 g/mol. The van der Waals surface area contributed by atoms with Gasteiger partial charge in [-0.3, -0.25) is 56.6 Å². The SMILES string of the molecule is O=c1ccn([C@@H]2O[C@H](COP(=O)(S)O[C@H]3[C@@H](O)[C@H](n4ccc(=O)[nH]c4=O)O[C@@H]3COP(O)(=S)O[C@H]3[C@@H](O)[C@H](n4ccc(=O)[nH]c4=O)O[C@@H]3COP(O)(O)=S)[C@@H](O)[C@H]2O)c(=O)[nH]1. The molecule has 61 heavy (non-hydrogen) atoms. The van der Waals surface area contributed by atoms with Crippen molar-refractivity contribution in [2.24, 2.45) is 0 Å². The standard InChI is InChI=1S/C27H35N6O22P3S3/c34-13-1-4-31(25(41)28-13)22-17(38)16(37)10(51-22)7-49-57(46,60)55-21-12(53-24(19(21)40)33-6-3-15(36)30-27(33)43)9-50-58(47,61)54-20-11(8-48-56(44,45)59)52-23(18(20)39)32-5-2-14(35)29-26(32)42/h1-6,10-12,16-24,37-40H,7-9H2,(H,46,60)(H,47,61)(H,28,34,41)(H,29,35,42)(H,30,36,43)(H2,44,45,59)/t10-,11-,12-,16-,17-,18-,19-,20-,21-,22-,23-,24-,57?,58?/m1/s1. The molecule has 3 fully saturated rings. The van der Waals surface area contributed by atoms with E-state index in [0.717, 1.165) is 45.9 Å². The molecule has 28 nitrogen and oxygen atoms in total. The van der Waals surface area contributed by atoms with Gasteiger partial charge in [0.2, 0.25) is 0 Å². The Kier molecular flexibility index (Phi) is 14.7. The minimum absolute atomic E-state index is 0.709. The Labute approximate surface area is 353 Å². The molecule has 34 heteroatoms. The first-order valence-electron chi connectivity index (χ1n) is 17.1. The molecule has 0 saturated carbocycles. The van der Waals surface area contributed by atoms with Crippen molar-refractivity contribution in [1.29, 1.82) is 0 Å². The number of aliphatic hydroxyl groups excluding tert-OH is 4. The molecular formula is C27H35N6O22P3S3. The van der Waals surface area contributed by atoms with Gasteiger partial charge in [-0.05, 0) is 23.6 Å². The minimum Gasteiger partial charge on any atom is -0.387 e. The summed E-state index contributed by atoms with van der Waals surface area (Å²) in [5.41, 5.74) is -5.51. The summed E-state index contributed by atoms with van der Waals surface area (Å²) < 4.78 is 59.3. The Morgan fingerprint density at radius 2 is 0.967 bits per heavy atom. The lowest BCUT2D eigenvalue weighted by Crippen LogP contribution is -2.39. The van der Waals surface area contributed by atoms with E-state index in [1.54, 1.807) is 0 Å². The summed E-state index contributed by atoms with van der Waals surface area (Å²) in [5.74, 6) is 0. The lowest BCUT2D eigenvalue weighted by molar-refractivity contribution is -0.0583. The zero-order valence-electron chi connectivity index (χ0n) is 30.2. The second-order valence-corrected chi connectivity index (χ2v) is 21.5. The van der Waals surface area contributed by atoms with Crippen molar-refractivity contribution >= 4 is 56.1 Å². The highest BCUT2D eigenvalue weighted by Gasteiger charge is 2.52. The first-order valence-corrected chi connectivity index (χ1v) is 25.0. The molecule has 0 aromatic carbocycles. The molecule has 6 rings (SSSR count). The molecule has 14 atom stereocenters. The second kappa shape index (κ2) is 18.8. The summed E-state index contributed by atoms with van der Waals surface area (Å²) >= 11 is 13.5. The molecule has 3 aromatic rings. The Bertz CT molecular complexity index is 2600. The Balaban J connectivity index is 1.19. The number of nitrogens with one attached hydrogen (secondary N) is 3. The molecule has 0 aliphatic carbocycles. The van der Waals surface area contributed by atoms with Crippen molar-refractivity contribution in [2.45, 2.75) is 73.6 Å². The molecule has 0 spiro atoms. The van der Waals surface area contributed by atoms with Crippen molar-refractivity contribution in [3.63, 3.8) is 0 Å². The third-order valence-corrected chi connectivity index (χ3v) is 13.0. The number of aliphatic hydroxyl groups is 4. The molecule has 10 N–H and O–H groups in total. The van der Waals surface area contributed by atoms with E-state index in [1.807, 2.05) is 15.0 Å². The smallest absolute Gasteiger partial charge is 0.386 e. The summed E-state index contributed by atoms with van der Waals surface area (Å²) in [5, 5.41) is 43.6. The van der Waals surface area contributed by atoms with Gasteiger partial charge in [0.1, 0.15) is 54.9 Å². The van der Waals surface area contributed by atoms with Crippen LogP contribution in [0.1, 0.15) is 18.7 Å². The summed E-state index contributed by atoms with van der Waals surface area (Å²) in [7, 11) is 0. The summed E-state index contributed by atoms with van der Waals surface area (Å²) in [6, 6.07) is 2.77. The van der Waals surface area contributed by atoms with Crippen LogP contribution in [0.4, 0.5) is 0 Å². The molecule has 3 saturated heterocycles. The maximum absolute atomic E-state index is 13.6. The van der Waals surface area contributed by atoms with Gasteiger partial charge in [0.25, 0.3) is 16.7 Å². The van der Waals surface area contributed by atoms with E-state index < -0.39 is 147 Å². The van der Waals surface area contributed by atoms with Crippen LogP contribution in [0.25, 0.3) is 0 Å². The highest BCUT2D eigenvalue weighted by molar-refractivity contribution is 8.44. The number of nitrogens with zero attached hydrogens (tertiary/aromatic N) is 3. The average Bonchev–Trinajstić information content (AvgIpc) is 3.73. The number of H-pyrrole nitrogens is 3. The van der Waals surface area contributed by atoms with Crippen LogP contribution in [-0.2, 0) is 65.0 Å². The van der Waals surface area contributed by atoms with Crippen LogP contribution in [0.15, 0.2) is 65.6 Å². The summed E-state index contributed by atoms with van der Waals surface area (Å²) in [6.45, 7) is -16.4. The third kappa shape index (κ3) is 11.3. The number of aromatic nitrogens is 6. The molecule has 3 aliphatic heterocycles. The highest BCUT2D eigenvalue weighted by atomic mass is 32.7. The van der Waals surface area contributed by atoms with Crippen molar-refractivity contribution in [3.8, 4) is 0 Å². The zero-order chi connectivity index (χ0) is 44.8. The predicted molar refractivity (Wildman–Crippen MR) is 209 cm³/mol. The molecular weight excluding hydrogens is 949 g/mol. The molecule has 0 amide bonds. The van der Waals surface area contributed by atoms with Crippen molar-refractivity contribution in [2.75, 3.05) is 19.8 Å². The van der Waals surface area contributed by atoms with Gasteiger partial charge in [0.15, 0.2) is 18.7 Å². The average molecular weight is 985 g/mol. The van der Waals surface area contributed by atoms with E-state index in [0.29, 0.717) is 4.57 Å². The van der Waals surface area contributed by atoms with Crippen molar-refractivity contribution in [3.05, 3.63) is 99.3 Å². The zero-order valence-corrected chi connectivity index (χ0v) is 35.4. The number of hydrogen-bond donors (Lipinski definition) is 11. The van der Waals surface area contributed by atoms with Gasteiger partial charge in [-0.25, -0.2) is 18.9 Å². The fraction of sp³-hybridized carbons (Fsp3) is 0.556. The van der Waals surface area contributed by atoms with Crippen LogP contribution >= 0.6 is 32.5 Å². The van der Waals surface area contributed by atoms with Crippen molar-refractivity contribution in [1.82, 2.24) is 28.7 Å². The first-order chi connectivity index (χ1) is 28.4. The fourth-order valence-corrected chi connectivity index (χ4v) is 9.74.